The van der Waals surface area contributed by atoms with Crippen LogP contribution in [-0.2, 0) is 23.8 Å². The Kier molecular flexibility index (Phi) is 4.56. The average Bonchev–Trinajstić information content (AvgIpc) is 3.46. The fraction of sp³-hybridized carbons (Fsp3) is 0.524. The molecule has 1 saturated carbocycles. The average molecular weight is 371 g/mol. The van der Waals surface area contributed by atoms with Crippen molar-refractivity contribution in [3.8, 4) is 0 Å². The lowest BCUT2D eigenvalue weighted by molar-refractivity contribution is -0.142. The molecule has 0 bridgehead atoms. The Morgan fingerprint density at radius 2 is 1.96 bits per heavy atom. The van der Waals surface area contributed by atoms with Crippen LogP contribution in [0.3, 0.4) is 0 Å². The summed E-state index contributed by atoms with van der Waals surface area (Å²) >= 11 is 0. The second kappa shape index (κ2) is 6.77. The summed E-state index contributed by atoms with van der Waals surface area (Å²) in [5.74, 6) is -0.145. The molecule has 1 atom stereocenters. The molecule has 4 rings (SSSR count). The van der Waals surface area contributed by atoms with Crippen molar-refractivity contribution in [1.29, 1.82) is 0 Å². The van der Waals surface area contributed by atoms with Crippen LogP contribution >= 0.6 is 0 Å². The number of hydrogen-bond acceptors (Lipinski definition) is 5. The molecule has 6 nitrogen and oxygen atoms in total. The highest BCUT2D eigenvalue weighted by molar-refractivity contribution is 6.24. The standard InChI is InChI=1S/C21H25NO5/c1-12-4-5-13(2)15(10-12)17-18(27-20(24)16-11-26-16)21(22-19(17)23)8-6-14(25-3)7-9-21/h4-5,10,14,16H,6-9,11H2,1-3H3,(H,22,23)/t14-,16?,21+. The first-order valence-corrected chi connectivity index (χ1v) is 9.44. The summed E-state index contributed by atoms with van der Waals surface area (Å²) in [5, 5.41) is 3.14. The van der Waals surface area contributed by atoms with Crippen molar-refractivity contribution in [3.05, 3.63) is 40.6 Å². The lowest BCUT2D eigenvalue weighted by atomic mass is 9.79. The van der Waals surface area contributed by atoms with Crippen LogP contribution in [-0.4, -0.2) is 43.3 Å². The van der Waals surface area contributed by atoms with E-state index in [1.54, 1.807) is 7.11 Å². The molecule has 1 unspecified atom stereocenters. The number of hydrogen-bond donors (Lipinski definition) is 1. The Bertz CT molecular complexity index is 816. The number of rotatable bonds is 4. The summed E-state index contributed by atoms with van der Waals surface area (Å²) in [4.78, 5) is 25.4. The molecule has 27 heavy (non-hydrogen) atoms. The van der Waals surface area contributed by atoms with E-state index in [1.165, 1.54) is 0 Å². The number of esters is 1. The Morgan fingerprint density at radius 3 is 2.59 bits per heavy atom. The third-order valence-corrected chi connectivity index (χ3v) is 5.82. The third-order valence-electron chi connectivity index (χ3n) is 5.82. The van der Waals surface area contributed by atoms with Crippen LogP contribution in [0.5, 0.6) is 0 Å². The fourth-order valence-electron chi connectivity index (χ4n) is 4.10. The van der Waals surface area contributed by atoms with Crippen LogP contribution in [0.4, 0.5) is 0 Å². The maximum Gasteiger partial charge on any atom is 0.342 e. The Morgan fingerprint density at radius 1 is 1.26 bits per heavy atom. The Hall–Kier alpha value is -2.18. The van der Waals surface area contributed by atoms with E-state index in [2.05, 4.69) is 5.32 Å². The van der Waals surface area contributed by atoms with Crippen LogP contribution in [0.15, 0.2) is 24.0 Å². The molecule has 2 heterocycles. The van der Waals surface area contributed by atoms with E-state index in [4.69, 9.17) is 14.2 Å². The fourth-order valence-corrected chi connectivity index (χ4v) is 4.10. The molecule has 1 amide bonds. The molecule has 6 heteroatoms. The largest absolute Gasteiger partial charge is 0.426 e. The van der Waals surface area contributed by atoms with Gasteiger partial charge in [-0.15, -0.1) is 0 Å². The first-order valence-electron chi connectivity index (χ1n) is 9.44. The highest BCUT2D eigenvalue weighted by Gasteiger charge is 2.51. The van der Waals surface area contributed by atoms with Crippen LogP contribution in [0.1, 0.15) is 42.4 Å². The number of epoxide rings is 1. The smallest absolute Gasteiger partial charge is 0.342 e. The predicted molar refractivity (Wildman–Crippen MR) is 98.8 cm³/mol. The molecular weight excluding hydrogens is 346 g/mol. The summed E-state index contributed by atoms with van der Waals surface area (Å²) < 4.78 is 16.4. The number of carbonyl (C=O) groups excluding carboxylic acids is 2. The van der Waals surface area contributed by atoms with Crippen molar-refractivity contribution >= 4 is 17.4 Å². The van der Waals surface area contributed by atoms with E-state index >= 15 is 0 Å². The minimum absolute atomic E-state index is 0.168. The zero-order chi connectivity index (χ0) is 19.2. The van der Waals surface area contributed by atoms with Gasteiger partial charge in [0.1, 0.15) is 5.76 Å². The molecule has 1 aliphatic carbocycles. The SMILES string of the molecule is CO[C@H]1CC[C@]2(CC1)NC(=O)C(c1cc(C)ccc1C)=C2OC(=O)C1CO1. The molecule has 144 valence electrons. The van der Waals surface area contributed by atoms with Crippen molar-refractivity contribution in [2.45, 2.75) is 57.3 Å². The van der Waals surface area contributed by atoms with Gasteiger partial charge in [0, 0.05) is 7.11 Å². The summed E-state index contributed by atoms with van der Waals surface area (Å²) in [5.41, 5.74) is 2.67. The van der Waals surface area contributed by atoms with E-state index < -0.39 is 17.6 Å². The lowest BCUT2D eigenvalue weighted by Gasteiger charge is -2.37. The molecule has 3 aliphatic rings. The molecular formula is C21H25NO5. The maximum atomic E-state index is 13.0. The number of ether oxygens (including phenoxy) is 3. The van der Waals surface area contributed by atoms with Gasteiger partial charge in [0.25, 0.3) is 5.91 Å². The normalized spacial score (nSPS) is 29.8. The van der Waals surface area contributed by atoms with E-state index in [1.807, 2.05) is 32.0 Å². The molecule has 1 N–H and O–H groups in total. The van der Waals surface area contributed by atoms with E-state index in [0.717, 1.165) is 29.5 Å². The van der Waals surface area contributed by atoms with Crippen molar-refractivity contribution in [2.75, 3.05) is 13.7 Å². The second-order valence-corrected chi connectivity index (χ2v) is 7.74. The van der Waals surface area contributed by atoms with Crippen molar-refractivity contribution in [2.24, 2.45) is 0 Å². The molecule has 1 aromatic carbocycles. The summed E-state index contributed by atoms with van der Waals surface area (Å²) in [6.45, 7) is 4.33. The molecule has 0 radical (unpaired) electrons. The molecule has 2 aliphatic heterocycles. The van der Waals surface area contributed by atoms with Gasteiger partial charge < -0.3 is 19.5 Å². The molecule has 1 aromatic rings. The van der Waals surface area contributed by atoms with Gasteiger partial charge in [-0.25, -0.2) is 4.79 Å². The van der Waals surface area contributed by atoms with Crippen molar-refractivity contribution < 1.29 is 23.8 Å². The Labute approximate surface area is 158 Å². The van der Waals surface area contributed by atoms with Gasteiger partial charge in [-0.05, 0) is 50.7 Å². The number of amides is 1. The van der Waals surface area contributed by atoms with E-state index in [0.29, 0.717) is 30.8 Å². The minimum atomic E-state index is -0.651. The van der Waals surface area contributed by atoms with Crippen molar-refractivity contribution in [3.63, 3.8) is 0 Å². The summed E-state index contributed by atoms with van der Waals surface area (Å²) in [7, 11) is 1.71. The van der Waals surface area contributed by atoms with Crippen LogP contribution in [0.25, 0.3) is 5.57 Å². The summed E-state index contributed by atoms with van der Waals surface area (Å²) in [6.07, 6.45) is 2.62. The van der Waals surface area contributed by atoms with Gasteiger partial charge >= 0.3 is 5.97 Å². The second-order valence-electron chi connectivity index (χ2n) is 7.74. The van der Waals surface area contributed by atoms with Crippen LogP contribution in [0.2, 0.25) is 0 Å². The monoisotopic (exact) mass is 371 g/mol. The quantitative estimate of drug-likeness (QED) is 0.650. The maximum absolute atomic E-state index is 13.0. The number of carbonyl (C=O) groups is 2. The van der Waals surface area contributed by atoms with Gasteiger partial charge in [0.05, 0.1) is 23.8 Å². The zero-order valence-electron chi connectivity index (χ0n) is 16.0. The zero-order valence-corrected chi connectivity index (χ0v) is 16.0. The Balaban J connectivity index is 1.79. The minimum Gasteiger partial charge on any atom is -0.426 e. The topological polar surface area (TPSA) is 77.2 Å². The van der Waals surface area contributed by atoms with E-state index in [9.17, 15) is 9.59 Å². The number of methoxy groups -OCH3 is 1. The molecule has 0 aromatic heterocycles. The van der Waals surface area contributed by atoms with Gasteiger partial charge in [-0.2, -0.15) is 0 Å². The molecule has 2 fully saturated rings. The highest BCUT2D eigenvalue weighted by Crippen LogP contribution is 2.44. The van der Waals surface area contributed by atoms with Crippen LogP contribution in [0, 0.1) is 13.8 Å². The number of aryl methyl sites for hydroxylation is 2. The van der Waals surface area contributed by atoms with Crippen LogP contribution < -0.4 is 5.32 Å². The van der Waals surface area contributed by atoms with Gasteiger partial charge in [0.15, 0.2) is 6.10 Å². The van der Waals surface area contributed by atoms with E-state index in [-0.39, 0.29) is 12.0 Å². The first kappa shape index (κ1) is 18.2. The molecule has 1 spiro atoms. The summed E-state index contributed by atoms with van der Waals surface area (Å²) in [6, 6.07) is 5.97. The molecule has 1 saturated heterocycles. The van der Waals surface area contributed by atoms with Gasteiger partial charge in [-0.3, -0.25) is 4.79 Å². The van der Waals surface area contributed by atoms with Gasteiger partial charge in [-0.1, -0.05) is 23.8 Å². The highest BCUT2D eigenvalue weighted by atomic mass is 16.6. The number of benzene rings is 1. The van der Waals surface area contributed by atoms with Crippen molar-refractivity contribution in [1.82, 2.24) is 5.32 Å². The number of nitrogens with one attached hydrogen (secondary N) is 1. The lowest BCUT2D eigenvalue weighted by Crippen LogP contribution is -2.49. The van der Waals surface area contributed by atoms with Gasteiger partial charge in [0.2, 0.25) is 0 Å². The third kappa shape index (κ3) is 3.28. The first-order chi connectivity index (χ1) is 12.9. The predicted octanol–water partition coefficient (Wildman–Crippen LogP) is 2.41.